The Hall–Kier alpha value is -1.83. The van der Waals surface area contributed by atoms with Crippen molar-refractivity contribution in [3.8, 4) is 5.75 Å². The molecule has 1 aromatic rings. The minimum Gasteiger partial charge on any atom is -0.490 e. The second kappa shape index (κ2) is 5.28. The summed E-state index contributed by atoms with van der Waals surface area (Å²) >= 11 is 0. The smallest absolute Gasteiger partial charge is 0.423 e. The van der Waals surface area contributed by atoms with Gasteiger partial charge in [-0.15, -0.1) is 0 Å². The summed E-state index contributed by atoms with van der Waals surface area (Å²) in [5.74, 6) is 0.00229. The van der Waals surface area contributed by atoms with Crippen LogP contribution >= 0.6 is 0 Å². The standard InChI is InChI=1S/C12H13F3N2O3/c1-16-7-4-9(5-7)20-8-2-3-11(17(18)19)10(6-8)12(13,14)15/h2-3,6-7,9,16H,4-5H2,1H3. The summed E-state index contributed by atoms with van der Waals surface area (Å²) in [6.07, 6.45) is -3.53. The highest BCUT2D eigenvalue weighted by Crippen LogP contribution is 2.39. The minimum atomic E-state index is -4.78. The van der Waals surface area contributed by atoms with E-state index < -0.39 is 22.4 Å². The summed E-state index contributed by atoms with van der Waals surface area (Å²) < 4.78 is 43.7. The molecule has 0 bridgehead atoms. The fourth-order valence-corrected chi connectivity index (χ4v) is 2.06. The molecular formula is C12H13F3N2O3. The molecule has 0 heterocycles. The molecular weight excluding hydrogens is 277 g/mol. The van der Waals surface area contributed by atoms with E-state index in [1.54, 1.807) is 7.05 Å². The molecule has 0 spiro atoms. The van der Waals surface area contributed by atoms with Gasteiger partial charge < -0.3 is 10.1 Å². The van der Waals surface area contributed by atoms with Crippen LogP contribution in [0.1, 0.15) is 18.4 Å². The number of nitro groups is 1. The van der Waals surface area contributed by atoms with E-state index in [1.807, 2.05) is 0 Å². The van der Waals surface area contributed by atoms with E-state index in [1.165, 1.54) is 6.07 Å². The highest BCUT2D eigenvalue weighted by molar-refractivity contribution is 5.47. The quantitative estimate of drug-likeness (QED) is 0.684. The van der Waals surface area contributed by atoms with Crippen molar-refractivity contribution in [3.05, 3.63) is 33.9 Å². The predicted molar refractivity (Wildman–Crippen MR) is 64.6 cm³/mol. The van der Waals surface area contributed by atoms with Crippen molar-refractivity contribution in [2.24, 2.45) is 0 Å². The van der Waals surface area contributed by atoms with Gasteiger partial charge in [0, 0.05) is 12.1 Å². The van der Waals surface area contributed by atoms with E-state index in [9.17, 15) is 23.3 Å². The topological polar surface area (TPSA) is 64.4 Å². The Labute approximate surface area is 112 Å². The summed E-state index contributed by atoms with van der Waals surface area (Å²) in [7, 11) is 1.80. The van der Waals surface area contributed by atoms with Crippen LogP contribution < -0.4 is 10.1 Å². The summed E-state index contributed by atoms with van der Waals surface area (Å²) in [6, 6.07) is 3.01. The van der Waals surface area contributed by atoms with Gasteiger partial charge in [0.15, 0.2) is 0 Å². The Kier molecular flexibility index (Phi) is 3.85. The van der Waals surface area contributed by atoms with Gasteiger partial charge in [0.05, 0.1) is 4.92 Å². The normalized spacial score (nSPS) is 22.2. The lowest BCUT2D eigenvalue weighted by Crippen LogP contribution is -2.45. The average Bonchev–Trinajstić information content (AvgIpc) is 2.31. The molecule has 1 aromatic carbocycles. The predicted octanol–water partition coefficient (Wildman–Crippen LogP) is 2.74. The summed E-state index contributed by atoms with van der Waals surface area (Å²) in [4.78, 5) is 9.56. The molecule has 8 heteroatoms. The van der Waals surface area contributed by atoms with E-state index in [-0.39, 0.29) is 11.9 Å². The monoisotopic (exact) mass is 290 g/mol. The van der Waals surface area contributed by atoms with E-state index in [2.05, 4.69) is 5.32 Å². The fourth-order valence-electron chi connectivity index (χ4n) is 2.06. The fraction of sp³-hybridized carbons (Fsp3) is 0.500. The van der Waals surface area contributed by atoms with Crippen LogP contribution in [0.5, 0.6) is 5.75 Å². The molecule has 0 aromatic heterocycles. The molecule has 20 heavy (non-hydrogen) atoms. The van der Waals surface area contributed by atoms with Crippen molar-refractivity contribution in [1.29, 1.82) is 0 Å². The third kappa shape index (κ3) is 3.01. The zero-order chi connectivity index (χ0) is 14.9. The van der Waals surface area contributed by atoms with Gasteiger partial charge in [-0.25, -0.2) is 0 Å². The first-order valence-corrected chi connectivity index (χ1v) is 6.01. The van der Waals surface area contributed by atoms with Crippen LogP contribution in [0.2, 0.25) is 0 Å². The molecule has 1 aliphatic rings. The van der Waals surface area contributed by atoms with Crippen LogP contribution in [0.25, 0.3) is 0 Å². The molecule has 110 valence electrons. The van der Waals surface area contributed by atoms with Crippen LogP contribution in [0.15, 0.2) is 18.2 Å². The number of rotatable bonds is 4. The molecule has 0 saturated heterocycles. The molecule has 1 fully saturated rings. The third-order valence-corrected chi connectivity index (χ3v) is 3.28. The summed E-state index contributed by atoms with van der Waals surface area (Å²) in [5.41, 5.74) is -2.25. The van der Waals surface area contributed by atoms with E-state index in [0.29, 0.717) is 24.9 Å². The molecule has 0 amide bonds. The number of hydrogen-bond acceptors (Lipinski definition) is 4. The maximum atomic E-state index is 12.8. The first kappa shape index (κ1) is 14.6. The SMILES string of the molecule is CNC1CC(Oc2ccc([N+](=O)[O-])c(C(F)(F)F)c2)C1. The molecule has 1 N–H and O–H groups in total. The van der Waals surface area contributed by atoms with Gasteiger partial charge >= 0.3 is 6.18 Å². The molecule has 1 aliphatic carbocycles. The molecule has 5 nitrogen and oxygen atoms in total. The number of ether oxygens (including phenoxy) is 1. The van der Waals surface area contributed by atoms with Gasteiger partial charge in [-0.3, -0.25) is 10.1 Å². The number of benzene rings is 1. The minimum absolute atomic E-state index is 0.00229. The highest BCUT2D eigenvalue weighted by Gasteiger charge is 2.39. The summed E-state index contributed by atoms with van der Waals surface area (Å²) in [6.45, 7) is 0. The lowest BCUT2D eigenvalue weighted by atomic mass is 9.89. The number of halogens is 3. The third-order valence-electron chi connectivity index (χ3n) is 3.28. The maximum Gasteiger partial charge on any atom is 0.423 e. The lowest BCUT2D eigenvalue weighted by Gasteiger charge is -2.35. The molecule has 0 radical (unpaired) electrons. The zero-order valence-electron chi connectivity index (χ0n) is 10.6. The van der Waals surface area contributed by atoms with Crippen LogP contribution in [0.4, 0.5) is 18.9 Å². The number of nitrogens with zero attached hydrogens (tertiary/aromatic N) is 1. The van der Waals surface area contributed by atoms with Gasteiger partial charge in [0.25, 0.3) is 5.69 Å². The first-order chi connectivity index (χ1) is 9.31. The lowest BCUT2D eigenvalue weighted by molar-refractivity contribution is -0.388. The number of hydrogen-bond donors (Lipinski definition) is 1. The number of nitrogens with one attached hydrogen (secondary N) is 1. The van der Waals surface area contributed by atoms with E-state index >= 15 is 0 Å². The number of alkyl halides is 3. The second-order valence-electron chi connectivity index (χ2n) is 4.63. The molecule has 0 aliphatic heterocycles. The molecule has 0 atom stereocenters. The van der Waals surface area contributed by atoms with Gasteiger partial charge in [-0.1, -0.05) is 0 Å². The van der Waals surface area contributed by atoms with Crippen molar-refractivity contribution in [2.45, 2.75) is 31.2 Å². The Morgan fingerprint density at radius 3 is 2.55 bits per heavy atom. The van der Waals surface area contributed by atoms with Gasteiger partial charge in [0.1, 0.15) is 17.4 Å². The Bertz CT molecular complexity index is 513. The second-order valence-corrected chi connectivity index (χ2v) is 4.63. The van der Waals surface area contributed by atoms with Crippen LogP contribution in [-0.4, -0.2) is 24.1 Å². The Morgan fingerprint density at radius 1 is 1.40 bits per heavy atom. The van der Waals surface area contributed by atoms with Crippen molar-refractivity contribution in [1.82, 2.24) is 5.32 Å². The number of nitro benzene ring substituents is 1. The Balaban J connectivity index is 2.18. The van der Waals surface area contributed by atoms with E-state index in [4.69, 9.17) is 4.74 Å². The van der Waals surface area contributed by atoms with Crippen molar-refractivity contribution >= 4 is 5.69 Å². The molecule has 1 saturated carbocycles. The van der Waals surface area contributed by atoms with Crippen molar-refractivity contribution < 1.29 is 22.8 Å². The summed E-state index contributed by atoms with van der Waals surface area (Å²) in [5, 5.41) is 13.6. The Morgan fingerprint density at radius 2 is 2.05 bits per heavy atom. The van der Waals surface area contributed by atoms with Gasteiger partial charge in [-0.2, -0.15) is 13.2 Å². The van der Waals surface area contributed by atoms with Crippen LogP contribution in [-0.2, 0) is 6.18 Å². The van der Waals surface area contributed by atoms with Gasteiger partial charge in [-0.05, 0) is 32.0 Å². The zero-order valence-corrected chi connectivity index (χ0v) is 10.6. The highest BCUT2D eigenvalue weighted by atomic mass is 19.4. The van der Waals surface area contributed by atoms with Crippen molar-refractivity contribution in [3.63, 3.8) is 0 Å². The first-order valence-electron chi connectivity index (χ1n) is 6.01. The molecule has 0 unspecified atom stereocenters. The van der Waals surface area contributed by atoms with E-state index in [0.717, 1.165) is 6.07 Å². The van der Waals surface area contributed by atoms with Gasteiger partial charge in [0.2, 0.25) is 0 Å². The van der Waals surface area contributed by atoms with Crippen LogP contribution in [0, 0.1) is 10.1 Å². The average molecular weight is 290 g/mol. The largest absolute Gasteiger partial charge is 0.490 e. The molecule has 2 rings (SSSR count). The van der Waals surface area contributed by atoms with Crippen molar-refractivity contribution in [2.75, 3.05) is 7.05 Å². The van der Waals surface area contributed by atoms with Crippen LogP contribution in [0.3, 0.4) is 0 Å². The maximum absolute atomic E-state index is 12.8.